The van der Waals surface area contributed by atoms with Gasteiger partial charge in [-0.3, -0.25) is 14.2 Å². The Morgan fingerprint density at radius 1 is 1.00 bits per heavy atom. The van der Waals surface area contributed by atoms with E-state index in [1.807, 2.05) is 54.6 Å². The van der Waals surface area contributed by atoms with Gasteiger partial charge >= 0.3 is 0 Å². The molecule has 3 rings (SSSR count). The van der Waals surface area contributed by atoms with Gasteiger partial charge in [-0.2, -0.15) is 0 Å². The molecule has 1 aromatic heterocycles. The van der Waals surface area contributed by atoms with Crippen molar-refractivity contribution in [2.45, 2.75) is 19.3 Å². The average molecular weight is 490 g/mol. The van der Waals surface area contributed by atoms with Crippen molar-refractivity contribution in [2.24, 2.45) is 0 Å². The van der Waals surface area contributed by atoms with Gasteiger partial charge in [0, 0.05) is 37.5 Å². The molecular formula is C29H35N3O4. The van der Waals surface area contributed by atoms with Gasteiger partial charge in [-0.05, 0) is 67.9 Å². The lowest BCUT2D eigenvalue weighted by molar-refractivity contribution is -0.120. The minimum atomic E-state index is -0.0680. The molecule has 0 saturated heterocycles. The number of ether oxygens (including phenoxy) is 2. The number of aromatic nitrogens is 1. The van der Waals surface area contributed by atoms with E-state index >= 15 is 0 Å². The van der Waals surface area contributed by atoms with E-state index in [0.29, 0.717) is 13.0 Å². The highest BCUT2D eigenvalue weighted by atomic mass is 16.5. The second-order valence-electron chi connectivity index (χ2n) is 8.55. The van der Waals surface area contributed by atoms with E-state index in [1.165, 1.54) is 11.6 Å². The van der Waals surface area contributed by atoms with Crippen molar-refractivity contribution >= 4 is 12.0 Å². The highest BCUT2D eigenvalue weighted by Crippen LogP contribution is 2.27. The molecule has 7 heteroatoms. The summed E-state index contributed by atoms with van der Waals surface area (Å²) in [7, 11) is 5.37. The fourth-order valence-electron chi connectivity index (χ4n) is 3.81. The number of hydrogen-bond acceptors (Lipinski definition) is 5. The van der Waals surface area contributed by atoms with Gasteiger partial charge in [-0.15, -0.1) is 0 Å². The molecule has 0 radical (unpaired) electrons. The molecule has 3 aromatic rings. The molecule has 0 spiro atoms. The molecule has 2 aromatic carbocycles. The first-order chi connectivity index (χ1) is 17.5. The van der Waals surface area contributed by atoms with Gasteiger partial charge < -0.3 is 19.7 Å². The molecule has 0 aliphatic rings. The summed E-state index contributed by atoms with van der Waals surface area (Å²) in [5.41, 5.74) is 2.92. The fourth-order valence-corrected chi connectivity index (χ4v) is 3.81. The van der Waals surface area contributed by atoms with Gasteiger partial charge in [0.2, 0.25) is 5.91 Å². The normalized spacial score (nSPS) is 11.1. The summed E-state index contributed by atoms with van der Waals surface area (Å²) in [6.07, 6.45) is 7.64. The van der Waals surface area contributed by atoms with E-state index in [9.17, 15) is 9.59 Å². The number of carbonyl (C=O) groups excluding carboxylic acids is 1. The monoisotopic (exact) mass is 489 g/mol. The molecule has 1 heterocycles. The van der Waals surface area contributed by atoms with Crippen LogP contribution in [0.1, 0.15) is 24.0 Å². The van der Waals surface area contributed by atoms with Crippen LogP contribution in [0.4, 0.5) is 0 Å². The summed E-state index contributed by atoms with van der Waals surface area (Å²) in [6.45, 7) is 2.47. The molecule has 1 N–H and O–H groups in total. The molecule has 0 unspecified atom stereocenters. The third kappa shape index (κ3) is 8.13. The van der Waals surface area contributed by atoms with E-state index in [0.717, 1.165) is 48.7 Å². The van der Waals surface area contributed by atoms with Gasteiger partial charge in [0.1, 0.15) is 0 Å². The molecule has 0 atom stereocenters. The lowest BCUT2D eigenvalue weighted by Gasteiger charge is -2.17. The molecular weight excluding hydrogens is 454 g/mol. The average Bonchev–Trinajstić information content (AvgIpc) is 2.90. The van der Waals surface area contributed by atoms with E-state index in [4.69, 9.17) is 9.47 Å². The largest absolute Gasteiger partial charge is 0.493 e. The third-order valence-electron chi connectivity index (χ3n) is 5.88. The van der Waals surface area contributed by atoms with Gasteiger partial charge in [0.25, 0.3) is 5.56 Å². The van der Waals surface area contributed by atoms with Crippen LogP contribution >= 0.6 is 0 Å². The van der Waals surface area contributed by atoms with Crippen molar-refractivity contribution in [1.29, 1.82) is 0 Å². The molecule has 0 aliphatic carbocycles. The Hall–Kier alpha value is -3.84. The van der Waals surface area contributed by atoms with Gasteiger partial charge in [-0.1, -0.05) is 36.4 Å². The standard InChI is InChI=1S/C29H35N3O4/c1-31(21-17-24-13-16-26(35-2)27(22-24)36-3)19-7-18-30-28(33)9-6-8-23-11-14-25(15-12-23)32-20-5-4-10-29(32)34/h4-6,8,10-16,20,22H,7,9,17-19,21H2,1-3H3,(H,30,33)/b8-6+. The van der Waals surface area contributed by atoms with Crippen LogP contribution in [-0.2, 0) is 11.2 Å². The number of pyridine rings is 1. The molecule has 190 valence electrons. The second-order valence-corrected chi connectivity index (χ2v) is 8.55. The number of carbonyl (C=O) groups is 1. The lowest BCUT2D eigenvalue weighted by atomic mass is 10.1. The van der Waals surface area contributed by atoms with Crippen LogP contribution in [0.3, 0.4) is 0 Å². The van der Waals surface area contributed by atoms with Gasteiger partial charge in [-0.25, -0.2) is 0 Å². The lowest BCUT2D eigenvalue weighted by Crippen LogP contribution is -2.28. The van der Waals surface area contributed by atoms with Crippen molar-refractivity contribution < 1.29 is 14.3 Å². The highest BCUT2D eigenvalue weighted by Gasteiger charge is 2.06. The Bertz CT molecular complexity index is 1200. The van der Waals surface area contributed by atoms with Crippen molar-refractivity contribution in [2.75, 3.05) is 40.9 Å². The van der Waals surface area contributed by atoms with Crippen molar-refractivity contribution in [3.63, 3.8) is 0 Å². The first-order valence-electron chi connectivity index (χ1n) is 12.1. The van der Waals surface area contributed by atoms with Crippen LogP contribution in [0.15, 0.2) is 77.7 Å². The first kappa shape index (κ1) is 26.8. The fraction of sp³-hybridized carbons (Fsp3) is 0.310. The van der Waals surface area contributed by atoms with Gasteiger partial charge in [0.05, 0.1) is 14.2 Å². The molecule has 0 bridgehead atoms. The van der Waals surface area contributed by atoms with E-state index in [1.54, 1.807) is 31.0 Å². The Balaban J connectivity index is 1.32. The Labute approximate surface area is 213 Å². The van der Waals surface area contributed by atoms with E-state index < -0.39 is 0 Å². The van der Waals surface area contributed by atoms with E-state index in [-0.39, 0.29) is 11.5 Å². The molecule has 0 saturated carbocycles. The highest BCUT2D eigenvalue weighted by molar-refractivity contribution is 5.78. The van der Waals surface area contributed by atoms with Crippen LogP contribution in [-0.4, -0.2) is 56.3 Å². The van der Waals surface area contributed by atoms with E-state index in [2.05, 4.69) is 23.3 Å². The topological polar surface area (TPSA) is 72.8 Å². The number of benzene rings is 2. The maximum atomic E-state index is 12.1. The number of nitrogens with zero attached hydrogens (tertiary/aromatic N) is 2. The smallest absolute Gasteiger partial charge is 0.255 e. The van der Waals surface area contributed by atoms with Crippen LogP contribution in [0.5, 0.6) is 11.5 Å². The van der Waals surface area contributed by atoms with Gasteiger partial charge in [0.15, 0.2) is 11.5 Å². The molecule has 7 nitrogen and oxygen atoms in total. The minimum Gasteiger partial charge on any atom is -0.493 e. The van der Waals surface area contributed by atoms with Crippen molar-refractivity contribution in [3.8, 4) is 17.2 Å². The van der Waals surface area contributed by atoms with Crippen LogP contribution in [0.2, 0.25) is 0 Å². The predicted molar refractivity (Wildman–Crippen MR) is 144 cm³/mol. The quantitative estimate of drug-likeness (QED) is 0.368. The number of nitrogens with one attached hydrogen (secondary N) is 1. The minimum absolute atomic E-state index is 0.00619. The maximum Gasteiger partial charge on any atom is 0.255 e. The number of amides is 1. The summed E-state index contributed by atoms with van der Waals surface area (Å²) in [5.74, 6) is 1.49. The first-order valence-corrected chi connectivity index (χ1v) is 12.1. The number of rotatable bonds is 13. The Morgan fingerprint density at radius 2 is 1.78 bits per heavy atom. The number of hydrogen-bond donors (Lipinski definition) is 1. The molecule has 0 aliphatic heterocycles. The Kier molecular flexibility index (Phi) is 10.3. The summed E-state index contributed by atoms with van der Waals surface area (Å²) >= 11 is 0. The predicted octanol–water partition coefficient (Wildman–Crippen LogP) is 3.94. The molecule has 1 amide bonds. The van der Waals surface area contributed by atoms with Crippen molar-refractivity contribution in [3.05, 3.63) is 94.4 Å². The van der Waals surface area contributed by atoms with Crippen LogP contribution < -0.4 is 20.3 Å². The zero-order chi connectivity index (χ0) is 25.8. The third-order valence-corrected chi connectivity index (χ3v) is 5.88. The van der Waals surface area contributed by atoms with Crippen molar-refractivity contribution in [1.82, 2.24) is 14.8 Å². The zero-order valence-electron chi connectivity index (χ0n) is 21.3. The summed E-state index contributed by atoms with van der Waals surface area (Å²) in [4.78, 5) is 26.3. The molecule has 0 fully saturated rings. The SMILES string of the molecule is COc1ccc(CCN(C)CCCNC(=O)C/C=C/c2ccc(-n3ccccc3=O)cc2)cc1OC. The second kappa shape index (κ2) is 13.9. The maximum absolute atomic E-state index is 12.1. The number of methoxy groups -OCH3 is 2. The zero-order valence-corrected chi connectivity index (χ0v) is 21.3. The summed E-state index contributed by atoms with van der Waals surface area (Å²) in [6, 6.07) is 18.7. The summed E-state index contributed by atoms with van der Waals surface area (Å²) in [5, 5.41) is 2.98. The summed E-state index contributed by atoms with van der Waals surface area (Å²) < 4.78 is 12.2. The Morgan fingerprint density at radius 3 is 2.50 bits per heavy atom. The molecule has 36 heavy (non-hydrogen) atoms. The van der Waals surface area contributed by atoms with Crippen LogP contribution in [0.25, 0.3) is 11.8 Å². The van der Waals surface area contributed by atoms with Crippen LogP contribution in [0, 0.1) is 0 Å². The number of likely N-dealkylation sites (N-methyl/N-ethyl adjacent to an activating group) is 1.